The Morgan fingerprint density at radius 2 is 2.00 bits per heavy atom. The zero-order chi connectivity index (χ0) is 19.6. The maximum atomic E-state index is 14.0. The number of rotatable bonds is 1. The molecule has 0 spiro atoms. The summed E-state index contributed by atoms with van der Waals surface area (Å²) in [5, 5.41) is -0.165. The monoisotopic (exact) mass is 388 g/mol. The van der Waals surface area contributed by atoms with Gasteiger partial charge in [0.2, 0.25) is 0 Å². The standard InChI is InChI=1S/C22H25FO3S/c1-12(24)27-20-17(25)7-9-22(3)16-6-8-21(2)15(4-5-18(21)26)14(16)10-13(11-23)19(20)22/h7,9,11,14-16H,4-6,8,10H2,1-3H3/t14-,15-,16-,21-,22+/m0/s1. The number of hydrogen-bond acceptors (Lipinski definition) is 4. The zero-order valence-corrected chi connectivity index (χ0v) is 16.8. The van der Waals surface area contributed by atoms with Gasteiger partial charge in [0.15, 0.2) is 10.9 Å². The third kappa shape index (κ3) is 2.57. The smallest absolute Gasteiger partial charge is 0.192 e. The van der Waals surface area contributed by atoms with Crippen LogP contribution in [-0.2, 0) is 14.4 Å². The van der Waals surface area contributed by atoms with Crippen LogP contribution in [0.4, 0.5) is 4.39 Å². The van der Waals surface area contributed by atoms with Crippen LogP contribution >= 0.6 is 11.8 Å². The highest BCUT2D eigenvalue weighted by atomic mass is 32.2. The van der Waals surface area contributed by atoms with Gasteiger partial charge < -0.3 is 0 Å². The van der Waals surface area contributed by atoms with Crippen molar-refractivity contribution in [3.63, 3.8) is 0 Å². The summed E-state index contributed by atoms with van der Waals surface area (Å²) in [6.45, 7) is 5.60. The lowest BCUT2D eigenvalue weighted by molar-refractivity contribution is -0.131. The van der Waals surface area contributed by atoms with Gasteiger partial charge >= 0.3 is 0 Å². The van der Waals surface area contributed by atoms with Crippen LogP contribution in [0.2, 0.25) is 0 Å². The Labute approximate surface area is 163 Å². The molecule has 3 saturated carbocycles. The molecule has 0 unspecified atom stereocenters. The number of fused-ring (bicyclic) bond motifs is 5. The van der Waals surface area contributed by atoms with Crippen LogP contribution in [0.5, 0.6) is 0 Å². The summed E-state index contributed by atoms with van der Waals surface area (Å²) in [5.41, 5.74) is 0.473. The van der Waals surface area contributed by atoms with Crippen LogP contribution in [0.3, 0.4) is 0 Å². The summed E-state index contributed by atoms with van der Waals surface area (Å²) in [6, 6.07) is 0. The van der Waals surface area contributed by atoms with Gasteiger partial charge in [-0.2, -0.15) is 0 Å². The van der Waals surface area contributed by atoms with E-state index in [2.05, 4.69) is 13.8 Å². The van der Waals surface area contributed by atoms with E-state index in [1.807, 2.05) is 6.08 Å². The Balaban J connectivity index is 1.84. The van der Waals surface area contributed by atoms with E-state index in [0.717, 1.165) is 31.0 Å². The summed E-state index contributed by atoms with van der Waals surface area (Å²) in [4.78, 5) is 37.2. The fraction of sp³-hybridized carbons (Fsp3) is 0.591. The molecule has 0 heterocycles. The second-order valence-electron chi connectivity index (χ2n) is 8.91. The normalized spacial score (nSPS) is 42.2. The number of allylic oxidation sites excluding steroid dienone is 5. The highest BCUT2D eigenvalue weighted by Gasteiger charge is 2.60. The van der Waals surface area contributed by atoms with Gasteiger partial charge in [0.05, 0.1) is 11.2 Å². The number of thioether (sulfide) groups is 1. The molecule has 3 nitrogen and oxygen atoms in total. The van der Waals surface area contributed by atoms with E-state index in [0.29, 0.717) is 41.0 Å². The number of carbonyl (C=O) groups is 3. The summed E-state index contributed by atoms with van der Waals surface area (Å²) in [7, 11) is 0. The molecule has 5 heteroatoms. The highest BCUT2D eigenvalue weighted by Crippen LogP contribution is 2.65. The van der Waals surface area contributed by atoms with Gasteiger partial charge in [0.1, 0.15) is 5.78 Å². The topological polar surface area (TPSA) is 51.2 Å². The Bertz CT molecular complexity index is 838. The third-order valence-corrected chi connectivity index (χ3v) is 8.54. The van der Waals surface area contributed by atoms with E-state index in [1.54, 1.807) is 6.08 Å². The van der Waals surface area contributed by atoms with E-state index in [9.17, 15) is 18.8 Å². The Hall–Kier alpha value is -1.49. The molecule has 0 aromatic rings. The molecule has 144 valence electrons. The highest BCUT2D eigenvalue weighted by molar-refractivity contribution is 8.17. The zero-order valence-electron chi connectivity index (χ0n) is 16.0. The minimum Gasteiger partial charge on any atom is -0.299 e. The quantitative estimate of drug-likeness (QED) is 0.639. The minimum absolute atomic E-state index is 0.165. The second kappa shape index (κ2) is 6.26. The van der Waals surface area contributed by atoms with Crippen molar-refractivity contribution in [3.05, 3.63) is 34.5 Å². The molecular formula is C22H25FO3S. The first-order valence-electron chi connectivity index (χ1n) is 9.72. The van der Waals surface area contributed by atoms with Crippen molar-refractivity contribution in [1.29, 1.82) is 0 Å². The van der Waals surface area contributed by atoms with Crippen LogP contribution in [0.15, 0.2) is 34.5 Å². The molecule has 5 atom stereocenters. The fourth-order valence-corrected chi connectivity index (χ4v) is 7.27. The summed E-state index contributed by atoms with van der Waals surface area (Å²) >= 11 is 0.924. The molecular weight excluding hydrogens is 363 g/mol. The molecule has 0 amide bonds. The van der Waals surface area contributed by atoms with Crippen molar-refractivity contribution in [3.8, 4) is 0 Å². The van der Waals surface area contributed by atoms with E-state index in [1.165, 1.54) is 6.92 Å². The lowest BCUT2D eigenvalue weighted by Gasteiger charge is -2.56. The van der Waals surface area contributed by atoms with Gasteiger partial charge in [-0.25, -0.2) is 4.39 Å². The molecule has 0 aromatic carbocycles. The number of ketones is 2. The van der Waals surface area contributed by atoms with E-state index >= 15 is 0 Å². The van der Waals surface area contributed by atoms with Crippen LogP contribution < -0.4 is 0 Å². The average Bonchev–Trinajstić information content (AvgIpc) is 2.92. The molecule has 27 heavy (non-hydrogen) atoms. The Morgan fingerprint density at radius 1 is 1.26 bits per heavy atom. The molecule has 4 rings (SSSR count). The van der Waals surface area contributed by atoms with Crippen molar-refractivity contribution in [2.45, 2.75) is 52.9 Å². The van der Waals surface area contributed by atoms with Crippen molar-refractivity contribution in [2.75, 3.05) is 0 Å². The Kier molecular flexibility index (Phi) is 4.37. The van der Waals surface area contributed by atoms with Gasteiger partial charge in [-0.05, 0) is 72.4 Å². The molecule has 0 aliphatic heterocycles. The van der Waals surface area contributed by atoms with Gasteiger partial charge in [0, 0.05) is 24.2 Å². The third-order valence-electron chi connectivity index (χ3n) is 7.64. The first kappa shape index (κ1) is 18.9. The van der Waals surface area contributed by atoms with E-state index in [-0.39, 0.29) is 34.1 Å². The molecule has 0 radical (unpaired) electrons. The van der Waals surface area contributed by atoms with Crippen molar-refractivity contribution in [1.82, 2.24) is 0 Å². The minimum atomic E-state index is -0.473. The van der Waals surface area contributed by atoms with Crippen molar-refractivity contribution in [2.24, 2.45) is 28.6 Å². The SMILES string of the molecule is CC(=O)SC1=C2C(=CF)C[C@@H]3[C@H](CC[C@]4(C)C(=O)CC[C@@H]34)[C@@]2(C)C=CC1=O. The fourth-order valence-electron chi connectivity index (χ4n) is 6.36. The van der Waals surface area contributed by atoms with E-state index < -0.39 is 5.41 Å². The molecule has 0 N–H and O–H groups in total. The Morgan fingerprint density at radius 3 is 2.67 bits per heavy atom. The number of hydrogen-bond donors (Lipinski definition) is 0. The van der Waals surface area contributed by atoms with Gasteiger partial charge in [-0.15, -0.1) is 0 Å². The van der Waals surface area contributed by atoms with Crippen molar-refractivity contribution < 1.29 is 18.8 Å². The largest absolute Gasteiger partial charge is 0.299 e. The molecule has 0 saturated heterocycles. The van der Waals surface area contributed by atoms with E-state index in [4.69, 9.17) is 0 Å². The molecule has 0 aromatic heterocycles. The van der Waals surface area contributed by atoms with Crippen LogP contribution in [0, 0.1) is 28.6 Å². The molecule has 3 fully saturated rings. The molecule has 4 aliphatic carbocycles. The lowest BCUT2D eigenvalue weighted by atomic mass is 9.47. The second-order valence-corrected chi connectivity index (χ2v) is 10.1. The lowest BCUT2D eigenvalue weighted by Crippen LogP contribution is -2.50. The van der Waals surface area contributed by atoms with Crippen LogP contribution in [0.25, 0.3) is 0 Å². The molecule has 4 aliphatic rings. The van der Waals surface area contributed by atoms with Gasteiger partial charge in [-0.1, -0.05) is 19.9 Å². The maximum absolute atomic E-state index is 14.0. The number of carbonyl (C=O) groups excluding carboxylic acids is 3. The predicted molar refractivity (Wildman–Crippen MR) is 103 cm³/mol. The van der Waals surface area contributed by atoms with Gasteiger partial charge in [-0.3, -0.25) is 14.4 Å². The average molecular weight is 389 g/mol. The first-order chi connectivity index (χ1) is 12.7. The summed E-state index contributed by atoms with van der Waals surface area (Å²) in [5.74, 6) is 0.897. The number of Topliss-reactive ketones (excluding diaryl/α,β-unsaturated/α-hetero) is 1. The van der Waals surface area contributed by atoms with Crippen LogP contribution in [0.1, 0.15) is 52.9 Å². The maximum Gasteiger partial charge on any atom is 0.192 e. The van der Waals surface area contributed by atoms with Gasteiger partial charge in [0.25, 0.3) is 0 Å². The summed E-state index contributed by atoms with van der Waals surface area (Å²) in [6.07, 6.45) is 7.89. The number of halogens is 1. The molecule has 0 bridgehead atoms. The predicted octanol–water partition coefficient (Wildman–Crippen LogP) is 4.93. The summed E-state index contributed by atoms with van der Waals surface area (Å²) < 4.78 is 14.0. The van der Waals surface area contributed by atoms with Crippen molar-refractivity contribution >= 4 is 28.4 Å². The first-order valence-corrected chi connectivity index (χ1v) is 10.5. The van der Waals surface area contributed by atoms with Crippen LogP contribution in [-0.4, -0.2) is 16.7 Å².